The molecule has 2 rings (SSSR count). The van der Waals surface area contributed by atoms with Crippen LogP contribution in [0.4, 0.5) is 4.39 Å². The maximum Gasteiger partial charge on any atom is 0.265 e. The maximum atomic E-state index is 13.1. The van der Waals surface area contributed by atoms with Crippen molar-refractivity contribution in [2.45, 2.75) is 26.2 Å². The highest BCUT2D eigenvalue weighted by atomic mass is 79.9. The molecule has 0 saturated carbocycles. The zero-order valence-electron chi connectivity index (χ0n) is 10.5. The Bertz CT molecular complexity index is 640. The van der Waals surface area contributed by atoms with Gasteiger partial charge in [0.25, 0.3) is 5.56 Å². The van der Waals surface area contributed by atoms with Crippen molar-refractivity contribution < 1.29 is 4.39 Å². The number of hydrogen-bond acceptors (Lipinski definition) is 2. The molecule has 0 aliphatic carbocycles. The molecule has 100 valence electrons. The molecule has 0 aliphatic rings. The lowest BCUT2D eigenvalue weighted by atomic mass is 10.1. The maximum absolute atomic E-state index is 13.1. The number of hydrogen-bond donors (Lipinski definition) is 1. The van der Waals surface area contributed by atoms with Gasteiger partial charge in [0.2, 0.25) is 0 Å². The molecule has 0 fully saturated rings. The van der Waals surface area contributed by atoms with Gasteiger partial charge >= 0.3 is 0 Å². The van der Waals surface area contributed by atoms with Crippen molar-refractivity contribution in [3.8, 4) is 0 Å². The number of aryl methyl sites for hydroxylation is 1. The lowest BCUT2D eigenvalue weighted by molar-refractivity contribution is 0.625. The molecule has 0 radical (unpaired) electrons. The molecule has 0 saturated heterocycles. The van der Waals surface area contributed by atoms with Crippen molar-refractivity contribution in [3.05, 3.63) is 62.0 Å². The lowest BCUT2D eigenvalue weighted by Gasteiger charge is -2.06. The largest absolute Gasteiger partial charge is 0.309 e. The molecule has 1 aromatic heterocycles. The topological polar surface area (TPSA) is 45.8 Å². The number of benzene rings is 1. The van der Waals surface area contributed by atoms with Gasteiger partial charge in [0.15, 0.2) is 0 Å². The van der Waals surface area contributed by atoms with Crippen molar-refractivity contribution in [3.63, 3.8) is 0 Å². The first-order valence-corrected chi connectivity index (χ1v) is 6.91. The minimum absolute atomic E-state index is 0.190. The van der Waals surface area contributed by atoms with Crippen molar-refractivity contribution >= 4 is 15.9 Å². The number of nitrogens with zero attached hydrogens (tertiary/aromatic N) is 1. The number of aromatic nitrogens is 2. The molecule has 1 N–H and O–H groups in total. The zero-order valence-corrected chi connectivity index (χ0v) is 12.1. The molecule has 19 heavy (non-hydrogen) atoms. The monoisotopic (exact) mass is 324 g/mol. The van der Waals surface area contributed by atoms with E-state index in [1.807, 2.05) is 13.0 Å². The second-order valence-corrected chi connectivity index (χ2v) is 5.12. The Hall–Kier alpha value is -1.49. The summed E-state index contributed by atoms with van der Waals surface area (Å²) in [6.45, 7) is 2.03. The third-order valence-electron chi connectivity index (χ3n) is 2.73. The SMILES string of the molecule is CCCc1nc(Cc2cccc(F)c2)[nH]c(=O)c1Br. The minimum atomic E-state index is -0.286. The normalized spacial score (nSPS) is 10.7. The first-order chi connectivity index (χ1) is 9.10. The lowest BCUT2D eigenvalue weighted by Crippen LogP contribution is -2.16. The van der Waals surface area contributed by atoms with Gasteiger partial charge in [-0.15, -0.1) is 0 Å². The van der Waals surface area contributed by atoms with Crippen LogP contribution in [0.2, 0.25) is 0 Å². The Morgan fingerprint density at radius 2 is 2.21 bits per heavy atom. The Labute approximate surface area is 119 Å². The van der Waals surface area contributed by atoms with E-state index in [2.05, 4.69) is 25.9 Å². The molecule has 1 heterocycles. The van der Waals surface area contributed by atoms with Crippen LogP contribution in [0, 0.1) is 5.82 Å². The van der Waals surface area contributed by atoms with Gasteiger partial charge in [-0.05, 0) is 40.0 Å². The third-order valence-corrected chi connectivity index (χ3v) is 3.55. The summed E-state index contributed by atoms with van der Waals surface area (Å²) in [5.41, 5.74) is 1.34. The number of aromatic amines is 1. The molecule has 3 nitrogen and oxygen atoms in total. The fourth-order valence-electron chi connectivity index (χ4n) is 1.88. The second kappa shape index (κ2) is 6.10. The van der Waals surface area contributed by atoms with Crippen LogP contribution < -0.4 is 5.56 Å². The highest BCUT2D eigenvalue weighted by molar-refractivity contribution is 9.10. The van der Waals surface area contributed by atoms with Gasteiger partial charge in [0.05, 0.1) is 5.69 Å². The fraction of sp³-hybridized carbons (Fsp3) is 0.286. The van der Waals surface area contributed by atoms with Crippen LogP contribution >= 0.6 is 15.9 Å². The summed E-state index contributed by atoms with van der Waals surface area (Å²) in [6, 6.07) is 6.30. The van der Waals surface area contributed by atoms with E-state index in [9.17, 15) is 9.18 Å². The van der Waals surface area contributed by atoms with Gasteiger partial charge in [-0.25, -0.2) is 9.37 Å². The van der Waals surface area contributed by atoms with Crippen LogP contribution in [-0.4, -0.2) is 9.97 Å². The second-order valence-electron chi connectivity index (χ2n) is 4.33. The summed E-state index contributed by atoms with van der Waals surface area (Å²) in [5.74, 6) is 0.271. The molecular weight excluding hydrogens is 311 g/mol. The smallest absolute Gasteiger partial charge is 0.265 e. The van der Waals surface area contributed by atoms with E-state index in [1.54, 1.807) is 6.07 Å². The average molecular weight is 325 g/mol. The molecule has 0 aliphatic heterocycles. The van der Waals surface area contributed by atoms with Crippen LogP contribution in [0.1, 0.15) is 30.4 Å². The molecule has 5 heteroatoms. The van der Waals surface area contributed by atoms with E-state index in [4.69, 9.17) is 0 Å². The van der Waals surface area contributed by atoms with Crippen molar-refractivity contribution in [1.29, 1.82) is 0 Å². The summed E-state index contributed by atoms with van der Waals surface area (Å²) in [5, 5.41) is 0. The number of rotatable bonds is 4. The molecule has 1 aromatic carbocycles. The van der Waals surface area contributed by atoms with E-state index < -0.39 is 0 Å². The van der Waals surface area contributed by atoms with E-state index in [0.717, 1.165) is 24.1 Å². The molecule has 0 amide bonds. The standard InChI is InChI=1S/C14H14BrFN2O/c1-2-4-11-13(15)14(19)18-12(17-11)8-9-5-3-6-10(16)7-9/h3,5-7H,2,4,8H2,1H3,(H,17,18,19). The van der Waals surface area contributed by atoms with Gasteiger partial charge in [-0.1, -0.05) is 25.5 Å². The highest BCUT2D eigenvalue weighted by Crippen LogP contribution is 2.13. The molecule has 2 aromatic rings. The van der Waals surface area contributed by atoms with E-state index in [0.29, 0.717) is 16.7 Å². The molecule has 0 atom stereocenters. The van der Waals surface area contributed by atoms with Crippen LogP contribution in [-0.2, 0) is 12.8 Å². The summed E-state index contributed by atoms with van der Waals surface area (Å²) >= 11 is 3.25. The first-order valence-electron chi connectivity index (χ1n) is 6.12. The number of nitrogens with one attached hydrogen (secondary N) is 1. The molecular formula is C14H14BrFN2O. The van der Waals surface area contributed by atoms with Crippen LogP contribution in [0.15, 0.2) is 33.5 Å². The van der Waals surface area contributed by atoms with Gasteiger partial charge in [-0.3, -0.25) is 4.79 Å². The van der Waals surface area contributed by atoms with E-state index in [1.165, 1.54) is 12.1 Å². The summed E-state index contributed by atoms with van der Waals surface area (Å²) in [4.78, 5) is 18.9. The summed E-state index contributed by atoms with van der Waals surface area (Å²) in [6.07, 6.45) is 2.06. The van der Waals surface area contributed by atoms with E-state index in [-0.39, 0.29) is 11.4 Å². The Morgan fingerprint density at radius 3 is 2.89 bits per heavy atom. The van der Waals surface area contributed by atoms with Crippen LogP contribution in [0.3, 0.4) is 0 Å². The molecule has 0 bridgehead atoms. The first kappa shape index (κ1) is 13.9. The fourth-order valence-corrected chi connectivity index (χ4v) is 2.27. The minimum Gasteiger partial charge on any atom is -0.309 e. The van der Waals surface area contributed by atoms with Gasteiger partial charge in [0, 0.05) is 6.42 Å². The number of H-pyrrole nitrogens is 1. The van der Waals surface area contributed by atoms with E-state index >= 15 is 0 Å². The summed E-state index contributed by atoms with van der Waals surface area (Å²) in [7, 11) is 0. The van der Waals surface area contributed by atoms with Crippen LogP contribution in [0.5, 0.6) is 0 Å². The van der Waals surface area contributed by atoms with Crippen molar-refractivity contribution in [2.75, 3.05) is 0 Å². The van der Waals surface area contributed by atoms with Gasteiger partial charge in [0.1, 0.15) is 16.1 Å². The number of halogens is 2. The zero-order chi connectivity index (χ0) is 13.8. The predicted octanol–water partition coefficient (Wildman–Crippen LogP) is 3.21. The Balaban J connectivity index is 2.33. The molecule has 0 spiro atoms. The Morgan fingerprint density at radius 1 is 1.42 bits per heavy atom. The average Bonchev–Trinajstić information content (AvgIpc) is 2.35. The third kappa shape index (κ3) is 3.50. The van der Waals surface area contributed by atoms with Gasteiger partial charge in [-0.2, -0.15) is 0 Å². The quantitative estimate of drug-likeness (QED) is 0.938. The van der Waals surface area contributed by atoms with Gasteiger partial charge < -0.3 is 4.98 Å². The molecule has 0 unspecified atom stereocenters. The summed E-state index contributed by atoms with van der Waals surface area (Å²) < 4.78 is 13.6. The predicted molar refractivity (Wildman–Crippen MR) is 75.8 cm³/mol. The van der Waals surface area contributed by atoms with Crippen molar-refractivity contribution in [1.82, 2.24) is 9.97 Å². The highest BCUT2D eigenvalue weighted by Gasteiger charge is 2.09. The van der Waals surface area contributed by atoms with Crippen LogP contribution in [0.25, 0.3) is 0 Å². The van der Waals surface area contributed by atoms with Crippen molar-refractivity contribution in [2.24, 2.45) is 0 Å². The Kier molecular flexibility index (Phi) is 4.47.